The highest BCUT2D eigenvalue weighted by Crippen LogP contribution is 2.36. The van der Waals surface area contributed by atoms with Crippen molar-refractivity contribution in [2.75, 3.05) is 13.7 Å². The fourth-order valence-corrected chi connectivity index (χ4v) is 4.58. The second-order valence-electron chi connectivity index (χ2n) is 7.76. The van der Waals surface area contributed by atoms with Gasteiger partial charge in [0.1, 0.15) is 12.4 Å². The van der Waals surface area contributed by atoms with Gasteiger partial charge in [0.05, 0.1) is 17.7 Å². The maximum atomic E-state index is 13.1. The molecule has 8 heteroatoms. The van der Waals surface area contributed by atoms with Crippen molar-refractivity contribution in [1.29, 1.82) is 0 Å². The number of methoxy groups -OCH3 is 1. The Balaban J connectivity index is 1.54. The summed E-state index contributed by atoms with van der Waals surface area (Å²) in [5.74, 6) is 0.724. The van der Waals surface area contributed by atoms with Crippen LogP contribution in [0.3, 0.4) is 0 Å². The molecule has 4 rings (SSSR count). The summed E-state index contributed by atoms with van der Waals surface area (Å²) in [6, 6.07) is 18.8. The Morgan fingerprint density at radius 3 is 2.49 bits per heavy atom. The standard InChI is InChI=1S/C27H24ClFN2O3S/c1-3-14-31-26(32)25(35-27(31)30-22-11-7-20(28)8-12-22)16-19-6-13-23(24(15-19)33-2)34-17-18-4-9-21(29)10-5-18/h4-13,15-16H,3,14,17H2,1-2H3/b25-16-,30-27?. The van der Waals surface area contributed by atoms with Crippen LogP contribution in [-0.4, -0.2) is 29.6 Å². The number of amides is 1. The first-order valence-electron chi connectivity index (χ1n) is 11.1. The van der Waals surface area contributed by atoms with Crippen LogP contribution in [0, 0.1) is 5.82 Å². The minimum atomic E-state index is -0.290. The van der Waals surface area contributed by atoms with Crippen molar-refractivity contribution in [3.8, 4) is 11.5 Å². The molecular weight excluding hydrogens is 487 g/mol. The lowest BCUT2D eigenvalue weighted by molar-refractivity contribution is -0.122. The molecule has 0 spiro atoms. The van der Waals surface area contributed by atoms with Gasteiger partial charge >= 0.3 is 0 Å². The highest BCUT2D eigenvalue weighted by atomic mass is 35.5. The van der Waals surface area contributed by atoms with Crippen LogP contribution in [0.5, 0.6) is 11.5 Å². The van der Waals surface area contributed by atoms with E-state index in [4.69, 9.17) is 21.1 Å². The summed E-state index contributed by atoms with van der Waals surface area (Å²) in [4.78, 5) is 20.1. The first-order chi connectivity index (χ1) is 17.0. The molecule has 0 aromatic heterocycles. The molecule has 0 aliphatic carbocycles. The molecule has 1 aliphatic rings. The van der Waals surface area contributed by atoms with Crippen molar-refractivity contribution < 1.29 is 18.7 Å². The van der Waals surface area contributed by atoms with E-state index in [2.05, 4.69) is 4.99 Å². The van der Waals surface area contributed by atoms with Gasteiger partial charge in [-0.25, -0.2) is 9.38 Å². The molecule has 1 aliphatic heterocycles. The maximum absolute atomic E-state index is 13.1. The highest BCUT2D eigenvalue weighted by molar-refractivity contribution is 8.18. The molecule has 1 heterocycles. The van der Waals surface area contributed by atoms with Crippen LogP contribution in [0.1, 0.15) is 24.5 Å². The normalized spacial score (nSPS) is 15.8. The molecule has 1 amide bonds. The summed E-state index contributed by atoms with van der Waals surface area (Å²) in [6.45, 7) is 2.88. The van der Waals surface area contributed by atoms with Crippen LogP contribution in [-0.2, 0) is 11.4 Å². The summed E-state index contributed by atoms with van der Waals surface area (Å²) in [6.07, 6.45) is 2.64. The number of thioether (sulfide) groups is 1. The topological polar surface area (TPSA) is 51.1 Å². The number of nitrogens with zero attached hydrogens (tertiary/aromatic N) is 2. The van der Waals surface area contributed by atoms with E-state index < -0.39 is 0 Å². The predicted molar refractivity (Wildman–Crippen MR) is 140 cm³/mol. The largest absolute Gasteiger partial charge is 0.493 e. The van der Waals surface area contributed by atoms with Crippen molar-refractivity contribution >= 4 is 46.2 Å². The molecule has 35 heavy (non-hydrogen) atoms. The summed E-state index contributed by atoms with van der Waals surface area (Å²) in [5.41, 5.74) is 2.38. The highest BCUT2D eigenvalue weighted by Gasteiger charge is 2.32. The van der Waals surface area contributed by atoms with Gasteiger partial charge in [0.2, 0.25) is 0 Å². The molecule has 0 saturated carbocycles. The molecule has 5 nitrogen and oxygen atoms in total. The number of rotatable bonds is 8. The Morgan fingerprint density at radius 1 is 1.06 bits per heavy atom. The minimum Gasteiger partial charge on any atom is -0.493 e. The smallest absolute Gasteiger partial charge is 0.266 e. The van der Waals surface area contributed by atoms with Crippen LogP contribution >= 0.6 is 23.4 Å². The van der Waals surface area contributed by atoms with E-state index in [1.54, 1.807) is 42.3 Å². The van der Waals surface area contributed by atoms with Gasteiger partial charge in [0, 0.05) is 11.6 Å². The van der Waals surface area contributed by atoms with E-state index in [0.717, 1.165) is 23.2 Å². The van der Waals surface area contributed by atoms with Crippen LogP contribution in [0.4, 0.5) is 10.1 Å². The van der Waals surface area contributed by atoms with E-state index in [9.17, 15) is 9.18 Å². The van der Waals surface area contributed by atoms with Crippen LogP contribution < -0.4 is 9.47 Å². The monoisotopic (exact) mass is 510 g/mol. The SMILES string of the molecule is CCCN1C(=O)/C(=C/c2ccc(OCc3ccc(F)cc3)c(OC)c2)SC1=Nc1ccc(Cl)cc1. The summed E-state index contributed by atoms with van der Waals surface area (Å²) in [5, 5.41) is 1.27. The van der Waals surface area contributed by atoms with Gasteiger partial charge in [0.25, 0.3) is 5.91 Å². The molecule has 0 bridgehead atoms. The third-order valence-corrected chi connectivity index (χ3v) is 6.44. The first kappa shape index (κ1) is 24.8. The molecular formula is C27H24ClFN2O3S. The molecule has 0 N–H and O–H groups in total. The molecule has 0 radical (unpaired) electrons. The number of aliphatic imine (C=N–C) groups is 1. The van der Waals surface area contributed by atoms with E-state index in [1.807, 2.05) is 37.3 Å². The Bertz CT molecular complexity index is 1260. The molecule has 3 aromatic rings. The Kier molecular flexibility index (Phi) is 8.10. The van der Waals surface area contributed by atoms with Crippen molar-refractivity contribution in [1.82, 2.24) is 4.90 Å². The summed E-state index contributed by atoms with van der Waals surface area (Å²) < 4.78 is 24.5. The fraction of sp³-hybridized carbons (Fsp3) is 0.185. The number of carbonyl (C=O) groups is 1. The number of ether oxygens (including phenoxy) is 2. The Hall–Kier alpha value is -3.29. The third-order valence-electron chi connectivity index (χ3n) is 5.18. The van der Waals surface area contributed by atoms with Gasteiger partial charge < -0.3 is 9.47 Å². The van der Waals surface area contributed by atoms with Crippen molar-refractivity contribution in [2.24, 2.45) is 4.99 Å². The van der Waals surface area contributed by atoms with E-state index in [-0.39, 0.29) is 18.3 Å². The van der Waals surface area contributed by atoms with E-state index in [1.165, 1.54) is 23.9 Å². The van der Waals surface area contributed by atoms with Gasteiger partial charge in [-0.1, -0.05) is 36.7 Å². The van der Waals surface area contributed by atoms with Crippen LogP contribution in [0.15, 0.2) is 76.6 Å². The van der Waals surface area contributed by atoms with Gasteiger partial charge in [0.15, 0.2) is 16.7 Å². The lowest BCUT2D eigenvalue weighted by Gasteiger charge is -2.14. The average Bonchev–Trinajstić information content (AvgIpc) is 3.14. The number of benzene rings is 3. The Morgan fingerprint density at radius 2 is 1.80 bits per heavy atom. The lowest BCUT2D eigenvalue weighted by atomic mass is 10.1. The zero-order chi connectivity index (χ0) is 24.8. The summed E-state index contributed by atoms with van der Waals surface area (Å²) >= 11 is 7.31. The number of hydrogen-bond donors (Lipinski definition) is 0. The van der Waals surface area contributed by atoms with Crippen molar-refractivity contribution in [3.05, 3.63) is 93.6 Å². The molecule has 0 atom stereocenters. The van der Waals surface area contributed by atoms with Gasteiger partial charge in [-0.3, -0.25) is 9.69 Å². The molecule has 1 fully saturated rings. The van der Waals surface area contributed by atoms with E-state index in [0.29, 0.717) is 33.1 Å². The average molecular weight is 511 g/mol. The zero-order valence-corrected chi connectivity index (χ0v) is 20.9. The number of carbonyl (C=O) groups excluding carboxylic acids is 1. The third kappa shape index (κ3) is 6.24. The predicted octanol–water partition coefficient (Wildman–Crippen LogP) is 7.08. The summed E-state index contributed by atoms with van der Waals surface area (Å²) in [7, 11) is 1.56. The number of hydrogen-bond acceptors (Lipinski definition) is 5. The quantitative estimate of drug-likeness (QED) is 0.304. The first-order valence-corrected chi connectivity index (χ1v) is 12.3. The lowest BCUT2D eigenvalue weighted by Crippen LogP contribution is -2.29. The Labute approximate surface area is 213 Å². The molecule has 3 aromatic carbocycles. The van der Waals surface area contributed by atoms with E-state index >= 15 is 0 Å². The molecule has 180 valence electrons. The van der Waals surface area contributed by atoms with Crippen molar-refractivity contribution in [2.45, 2.75) is 20.0 Å². The maximum Gasteiger partial charge on any atom is 0.266 e. The molecule has 0 unspecified atom stereocenters. The molecule has 1 saturated heterocycles. The second kappa shape index (κ2) is 11.4. The zero-order valence-electron chi connectivity index (χ0n) is 19.3. The second-order valence-corrected chi connectivity index (χ2v) is 9.21. The number of halogens is 2. The van der Waals surface area contributed by atoms with Crippen molar-refractivity contribution in [3.63, 3.8) is 0 Å². The number of amidine groups is 1. The van der Waals surface area contributed by atoms with Crippen LogP contribution in [0.25, 0.3) is 6.08 Å². The van der Waals surface area contributed by atoms with Gasteiger partial charge in [-0.2, -0.15) is 0 Å². The minimum absolute atomic E-state index is 0.0832. The van der Waals surface area contributed by atoms with Gasteiger partial charge in [-0.15, -0.1) is 0 Å². The fourth-order valence-electron chi connectivity index (χ4n) is 3.42. The van der Waals surface area contributed by atoms with Crippen LogP contribution in [0.2, 0.25) is 5.02 Å². The van der Waals surface area contributed by atoms with Gasteiger partial charge in [-0.05, 0) is 83.9 Å².